The number of anilines is 1. The molecule has 0 atom stereocenters. The molecule has 0 spiro atoms. The number of hydrogen-bond acceptors (Lipinski definition) is 2. The molecule has 0 radical (unpaired) electrons. The molecule has 5 heteroatoms. The van der Waals surface area contributed by atoms with Gasteiger partial charge in [0.05, 0.1) is 16.5 Å². The zero-order valence-electron chi connectivity index (χ0n) is 11.5. The Morgan fingerprint density at radius 2 is 1.86 bits per heavy atom. The van der Waals surface area contributed by atoms with E-state index in [2.05, 4.69) is 36.5 Å². The molecule has 110 valence electrons. The summed E-state index contributed by atoms with van der Waals surface area (Å²) in [4.78, 5) is 11.9. The van der Waals surface area contributed by atoms with Crippen molar-refractivity contribution in [1.29, 1.82) is 0 Å². The summed E-state index contributed by atoms with van der Waals surface area (Å²) in [5.41, 5.74) is 2.99. The lowest BCUT2D eigenvalue weighted by Gasteiger charge is -2.07. The Hall–Kier alpha value is -1.16. The molecule has 2 aromatic carbocycles. The topological polar surface area (TPSA) is 29.1 Å². The minimum Gasteiger partial charge on any atom is -0.324 e. The lowest BCUT2D eigenvalue weighted by atomic mass is 10.2. The van der Waals surface area contributed by atoms with Crippen molar-refractivity contribution in [3.63, 3.8) is 0 Å². The Balaban J connectivity index is 1.82. The summed E-state index contributed by atoms with van der Waals surface area (Å²) < 4.78 is 0. The number of nitrogens with one attached hydrogen (secondary N) is 1. The molecule has 0 heterocycles. The van der Waals surface area contributed by atoms with E-state index in [1.807, 2.05) is 0 Å². The second kappa shape index (κ2) is 7.74. The van der Waals surface area contributed by atoms with Gasteiger partial charge in [-0.05, 0) is 30.7 Å². The van der Waals surface area contributed by atoms with Crippen LogP contribution in [0.1, 0.15) is 11.1 Å². The van der Waals surface area contributed by atoms with Crippen LogP contribution in [0.4, 0.5) is 5.69 Å². The molecule has 2 nitrogen and oxygen atoms in total. The highest BCUT2D eigenvalue weighted by Gasteiger charge is 2.07. The van der Waals surface area contributed by atoms with Crippen LogP contribution in [0.2, 0.25) is 10.0 Å². The first-order valence-corrected chi connectivity index (χ1v) is 8.34. The summed E-state index contributed by atoms with van der Waals surface area (Å²) in [6, 6.07) is 13.3. The molecule has 2 rings (SSSR count). The van der Waals surface area contributed by atoms with Crippen molar-refractivity contribution < 1.29 is 4.79 Å². The summed E-state index contributed by atoms with van der Waals surface area (Å²) in [6.07, 6.45) is 0. The zero-order valence-corrected chi connectivity index (χ0v) is 13.9. The van der Waals surface area contributed by atoms with E-state index in [1.165, 1.54) is 11.1 Å². The smallest absolute Gasteiger partial charge is 0.234 e. The molecular weight excluding hydrogens is 325 g/mol. The van der Waals surface area contributed by atoms with E-state index in [4.69, 9.17) is 23.2 Å². The predicted molar refractivity (Wildman–Crippen MR) is 92.4 cm³/mol. The summed E-state index contributed by atoms with van der Waals surface area (Å²) in [5.74, 6) is 1.09. The highest BCUT2D eigenvalue weighted by atomic mass is 35.5. The van der Waals surface area contributed by atoms with Gasteiger partial charge in [-0.25, -0.2) is 0 Å². The van der Waals surface area contributed by atoms with Crippen LogP contribution in [-0.2, 0) is 10.5 Å². The van der Waals surface area contributed by atoms with Crippen molar-refractivity contribution in [2.45, 2.75) is 12.7 Å². The zero-order chi connectivity index (χ0) is 15.2. The molecular formula is C16H15Cl2NOS. The molecule has 0 saturated heterocycles. The van der Waals surface area contributed by atoms with Gasteiger partial charge in [0.1, 0.15) is 0 Å². The second-order valence-electron chi connectivity index (χ2n) is 4.65. The van der Waals surface area contributed by atoms with Crippen LogP contribution in [0.15, 0.2) is 42.5 Å². The number of benzene rings is 2. The fraction of sp³-hybridized carbons (Fsp3) is 0.188. The first-order valence-electron chi connectivity index (χ1n) is 6.43. The fourth-order valence-electron chi connectivity index (χ4n) is 1.73. The standard InChI is InChI=1S/C16H15Cl2NOS/c1-11-2-4-12(5-3-11)9-21-10-16(20)19-15-8-13(17)6-7-14(15)18/h2-8H,9-10H2,1H3,(H,19,20). The number of carbonyl (C=O) groups excluding carboxylic acids is 1. The van der Waals surface area contributed by atoms with Crippen molar-refractivity contribution in [2.24, 2.45) is 0 Å². The average Bonchev–Trinajstić information content (AvgIpc) is 2.45. The van der Waals surface area contributed by atoms with Crippen LogP contribution >= 0.6 is 35.0 Å². The predicted octanol–water partition coefficient (Wildman–Crippen LogP) is 5.17. The van der Waals surface area contributed by atoms with Crippen LogP contribution in [0.3, 0.4) is 0 Å². The van der Waals surface area contributed by atoms with Gasteiger partial charge in [0.2, 0.25) is 5.91 Å². The van der Waals surface area contributed by atoms with Crippen molar-refractivity contribution in [3.8, 4) is 0 Å². The number of halogens is 2. The van der Waals surface area contributed by atoms with E-state index < -0.39 is 0 Å². The van der Waals surface area contributed by atoms with Crippen molar-refractivity contribution in [2.75, 3.05) is 11.1 Å². The normalized spacial score (nSPS) is 10.4. The largest absolute Gasteiger partial charge is 0.324 e. The molecule has 0 aliphatic rings. The van der Waals surface area contributed by atoms with Gasteiger partial charge in [0.25, 0.3) is 0 Å². The van der Waals surface area contributed by atoms with Gasteiger partial charge in [0, 0.05) is 10.8 Å². The Bertz CT molecular complexity index is 629. The molecule has 21 heavy (non-hydrogen) atoms. The summed E-state index contributed by atoms with van der Waals surface area (Å²) in [5, 5.41) is 3.80. The molecule has 0 saturated carbocycles. The lowest BCUT2D eigenvalue weighted by molar-refractivity contribution is -0.113. The number of carbonyl (C=O) groups is 1. The van der Waals surface area contributed by atoms with Crippen molar-refractivity contribution in [3.05, 3.63) is 63.6 Å². The Morgan fingerprint density at radius 3 is 2.57 bits per heavy atom. The number of thioether (sulfide) groups is 1. The molecule has 0 unspecified atom stereocenters. The minimum atomic E-state index is -0.0868. The third-order valence-corrected chi connectivity index (χ3v) is 4.39. The second-order valence-corrected chi connectivity index (χ2v) is 6.48. The number of hydrogen-bond donors (Lipinski definition) is 1. The SMILES string of the molecule is Cc1ccc(CSCC(=O)Nc2cc(Cl)ccc2Cl)cc1. The van der Waals surface area contributed by atoms with Crippen LogP contribution in [-0.4, -0.2) is 11.7 Å². The Labute approximate surface area is 138 Å². The number of amides is 1. The van der Waals surface area contributed by atoms with Crippen LogP contribution in [0, 0.1) is 6.92 Å². The maximum atomic E-state index is 11.9. The van der Waals surface area contributed by atoms with Gasteiger partial charge in [0.15, 0.2) is 0 Å². The molecule has 0 aromatic heterocycles. The summed E-state index contributed by atoms with van der Waals surface area (Å²) in [7, 11) is 0. The average molecular weight is 340 g/mol. The van der Waals surface area contributed by atoms with Crippen molar-refractivity contribution >= 4 is 46.6 Å². The van der Waals surface area contributed by atoms with Crippen LogP contribution in [0.5, 0.6) is 0 Å². The van der Waals surface area contributed by atoms with Crippen LogP contribution < -0.4 is 5.32 Å². The monoisotopic (exact) mass is 339 g/mol. The maximum absolute atomic E-state index is 11.9. The Morgan fingerprint density at radius 1 is 1.14 bits per heavy atom. The van der Waals surface area contributed by atoms with Gasteiger partial charge in [-0.3, -0.25) is 4.79 Å². The van der Waals surface area contributed by atoms with E-state index >= 15 is 0 Å². The van der Waals surface area contributed by atoms with E-state index in [9.17, 15) is 4.79 Å². The first kappa shape index (κ1) is 16.2. The highest BCUT2D eigenvalue weighted by Crippen LogP contribution is 2.25. The lowest BCUT2D eigenvalue weighted by Crippen LogP contribution is -2.14. The molecule has 0 fully saturated rings. The van der Waals surface area contributed by atoms with Crippen LogP contribution in [0.25, 0.3) is 0 Å². The molecule has 1 N–H and O–H groups in total. The van der Waals surface area contributed by atoms with E-state index in [0.717, 1.165) is 5.75 Å². The minimum absolute atomic E-state index is 0.0868. The van der Waals surface area contributed by atoms with Crippen molar-refractivity contribution in [1.82, 2.24) is 0 Å². The number of rotatable bonds is 5. The molecule has 0 bridgehead atoms. The molecule has 0 aliphatic heterocycles. The Kier molecular flexibility index (Phi) is 5.97. The third-order valence-electron chi connectivity index (χ3n) is 2.82. The summed E-state index contributed by atoms with van der Waals surface area (Å²) in [6.45, 7) is 2.05. The van der Waals surface area contributed by atoms with Gasteiger partial charge in [-0.1, -0.05) is 53.0 Å². The van der Waals surface area contributed by atoms with E-state index in [1.54, 1.807) is 30.0 Å². The number of aryl methyl sites for hydroxylation is 1. The highest BCUT2D eigenvalue weighted by molar-refractivity contribution is 7.99. The quantitative estimate of drug-likeness (QED) is 0.813. The molecule has 0 aliphatic carbocycles. The van der Waals surface area contributed by atoms with Gasteiger partial charge in [-0.15, -0.1) is 11.8 Å². The van der Waals surface area contributed by atoms with E-state index in [0.29, 0.717) is 21.5 Å². The van der Waals surface area contributed by atoms with Gasteiger partial charge in [-0.2, -0.15) is 0 Å². The third kappa shape index (κ3) is 5.27. The molecule has 1 amide bonds. The fourth-order valence-corrected chi connectivity index (χ4v) is 2.85. The maximum Gasteiger partial charge on any atom is 0.234 e. The van der Waals surface area contributed by atoms with Gasteiger partial charge >= 0.3 is 0 Å². The molecule has 2 aromatic rings. The van der Waals surface area contributed by atoms with E-state index in [-0.39, 0.29) is 5.91 Å². The summed E-state index contributed by atoms with van der Waals surface area (Å²) >= 11 is 13.4. The first-order chi connectivity index (χ1) is 10.0. The van der Waals surface area contributed by atoms with Gasteiger partial charge < -0.3 is 5.32 Å².